The summed E-state index contributed by atoms with van der Waals surface area (Å²) in [7, 11) is 0. The van der Waals surface area contributed by atoms with Gasteiger partial charge in [-0.25, -0.2) is 4.98 Å². The van der Waals surface area contributed by atoms with Gasteiger partial charge in [0.05, 0.1) is 5.52 Å². The summed E-state index contributed by atoms with van der Waals surface area (Å²) in [6, 6.07) is 18.5. The van der Waals surface area contributed by atoms with E-state index in [4.69, 9.17) is 5.73 Å². The molecule has 0 atom stereocenters. The average molecular weight is 401 g/mol. The number of carbonyl (C=O) groups excluding carboxylic acids is 1. The Kier molecular flexibility index (Phi) is 4.93. The lowest BCUT2D eigenvalue weighted by Gasteiger charge is -2.09. The molecule has 150 valence electrons. The van der Waals surface area contributed by atoms with Crippen molar-refractivity contribution in [1.29, 1.82) is 0 Å². The number of aromatic hydroxyl groups is 2. The van der Waals surface area contributed by atoms with Crippen LogP contribution in [0.4, 0.5) is 0 Å². The fourth-order valence-corrected chi connectivity index (χ4v) is 3.44. The van der Waals surface area contributed by atoms with Crippen molar-refractivity contribution in [2.75, 3.05) is 0 Å². The van der Waals surface area contributed by atoms with E-state index in [-0.39, 0.29) is 16.8 Å². The lowest BCUT2D eigenvalue weighted by molar-refractivity contribution is 0.0999. The minimum absolute atomic E-state index is 0.164. The van der Waals surface area contributed by atoms with Crippen molar-refractivity contribution >= 4 is 16.9 Å². The molecule has 0 aliphatic heterocycles. The molecule has 0 radical (unpaired) electrons. The first-order valence-electron chi connectivity index (χ1n) is 9.31. The van der Waals surface area contributed by atoms with E-state index in [0.29, 0.717) is 17.6 Å². The summed E-state index contributed by atoms with van der Waals surface area (Å²) in [5.41, 5.74) is 8.65. The molecule has 0 saturated heterocycles. The summed E-state index contributed by atoms with van der Waals surface area (Å²) in [5.74, 6) is -1.41. The number of phenols is 1. The lowest BCUT2D eigenvalue weighted by atomic mass is 10.0. The Labute approximate surface area is 171 Å². The standard InChI is InChI=1S/C23H19N3O4/c24-22(29)19-20-18(26-23(30)21(19)28)9-6-16(25-20)12-15-3-1-2-14(11-15)10-13-4-7-17(27)8-5-13/h1-9,11,27-28H,10,12H2,(H2,24,29)(H,26,30). The number of aromatic nitrogens is 2. The van der Waals surface area contributed by atoms with Gasteiger partial charge in [0.1, 0.15) is 16.8 Å². The third-order valence-corrected chi connectivity index (χ3v) is 4.86. The Morgan fingerprint density at radius 2 is 1.63 bits per heavy atom. The van der Waals surface area contributed by atoms with Gasteiger partial charge in [0.25, 0.3) is 11.5 Å². The van der Waals surface area contributed by atoms with Crippen LogP contribution >= 0.6 is 0 Å². The van der Waals surface area contributed by atoms with Gasteiger partial charge in [-0.1, -0.05) is 36.4 Å². The van der Waals surface area contributed by atoms with Crippen molar-refractivity contribution in [2.24, 2.45) is 5.73 Å². The molecular formula is C23H19N3O4. The predicted molar refractivity (Wildman–Crippen MR) is 113 cm³/mol. The zero-order valence-electron chi connectivity index (χ0n) is 15.9. The number of rotatable bonds is 5. The van der Waals surface area contributed by atoms with Gasteiger partial charge in [-0.3, -0.25) is 9.59 Å². The second-order valence-electron chi connectivity index (χ2n) is 7.08. The highest BCUT2D eigenvalue weighted by atomic mass is 16.3. The first-order valence-corrected chi connectivity index (χ1v) is 9.31. The second kappa shape index (κ2) is 7.71. The monoisotopic (exact) mass is 401 g/mol. The van der Waals surface area contributed by atoms with Gasteiger partial charge in [-0.2, -0.15) is 0 Å². The van der Waals surface area contributed by atoms with E-state index in [0.717, 1.165) is 23.1 Å². The van der Waals surface area contributed by atoms with Crippen molar-refractivity contribution in [3.05, 3.63) is 99.0 Å². The number of phenolic OH excluding ortho intramolecular Hbond substituents is 1. The molecule has 1 amide bonds. The normalized spacial score (nSPS) is 10.9. The molecule has 0 fully saturated rings. The summed E-state index contributed by atoms with van der Waals surface area (Å²) in [6.45, 7) is 0. The molecule has 0 spiro atoms. The number of pyridine rings is 2. The van der Waals surface area contributed by atoms with Gasteiger partial charge < -0.3 is 20.9 Å². The van der Waals surface area contributed by atoms with E-state index < -0.39 is 17.2 Å². The molecule has 4 rings (SSSR count). The molecular weight excluding hydrogens is 382 g/mol. The fraction of sp³-hybridized carbons (Fsp3) is 0.0870. The third-order valence-electron chi connectivity index (χ3n) is 4.86. The summed E-state index contributed by atoms with van der Waals surface area (Å²) in [6.07, 6.45) is 1.22. The molecule has 7 heteroatoms. The van der Waals surface area contributed by atoms with E-state index in [1.807, 2.05) is 30.3 Å². The van der Waals surface area contributed by atoms with Crippen LogP contribution in [0.15, 0.2) is 65.5 Å². The molecule has 2 heterocycles. The van der Waals surface area contributed by atoms with Crippen LogP contribution in [0, 0.1) is 0 Å². The topological polar surface area (TPSA) is 129 Å². The number of H-pyrrole nitrogens is 1. The molecule has 2 aromatic carbocycles. The van der Waals surface area contributed by atoms with Crippen molar-refractivity contribution < 1.29 is 15.0 Å². The second-order valence-corrected chi connectivity index (χ2v) is 7.08. The van der Waals surface area contributed by atoms with E-state index in [9.17, 15) is 19.8 Å². The molecule has 0 aliphatic rings. The van der Waals surface area contributed by atoms with E-state index >= 15 is 0 Å². The minimum atomic E-state index is -0.913. The summed E-state index contributed by atoms with van der Waals surface area (Å²) < 4.78 is 0. The van der Waals surface area contributed by atoms with E-state index in [2.05, 4.69) is 16.0 Å². The predicted octanol–water partition coefficient (Wildman–Crippen LogP) is 2.61. The SMILES string of the molecule is NC(=O)c1c(O)c(=O)[nH]c2ccc(Cc3cccc(Cc4ccc(O)cc4)c3)nc12. The van der Waals surface area contributed by atoms with Crippen LogP contribution in [-0.4, -0.2) is 26.1 Å². The van der Waals surface area contributed by atoms with Crippen molar-refractivity contribution in [3.63, 3.8) is 0 Å². The fourth-order valence-electron chi connectivity index (χ4n) is 3.44. The number of aromatic amines is 1. The zero-order valence-corrected chi connectivity index (χ0v) is 15.9. The van der Waals surface area contributed by atoms with Crippen LogP contribution in [0.1, 0.15) is 32.7 Å². The Bertz CT molecular complexity index is 1310. The number of primary amides is 1. The summed E-state index contributed by atoms with van der Waals surface area (Å²) >= 11 is 0. The smallest absolute Gasteiger partial charge is 0.291 e. The summed E-state index contributed by atoms with van der Waals surface area (Å²) in [4.78, 5) is 30.5. The van der Waals surface area contributed by atoms with Gasteiger partial charge >= 0.3 is 0 Å². The highest BCUT2D eigenvalue weighted by Gasteiger charge is 2.18. The number of amides is 1. The van der Waals surface area contributed by atoms with Crippen molar-refractivity contribution in [3.8, 4) is 11.5 Å². The van der Waals surface area contributed by atoms with Crippen LogP contribution in [0.5, 0.6) is 11.5 Å². The van der Waals surface area contributed by atoms with Crippen LogP contribution in [0.2, 0.25) is 0 Å². The molecule has 5 N–H and O–H groups in total. The molecule has 30 heavy (non-hydrogen) atoms. The first-order chi connectivity index (χ1) is 14.4. The number of fused-ring (bicyclic) bond motifs is 1. The van der Waals surface area contributed by atoms with Crippen molar-refractivity contribution in [1.82, 2.24) is 9.97 Å². The van der Waals surface area contributed by atoms with Gasteiger partial charge in [0.15, 0.2) is 5.75 Å². The molecule has 7 nitrogen and oxygen atoms in total. The highest BCUT2D eigenvalue weighted by molar-refractivity contribution is 6.06. The number of carbonyl (C=O) groups is 1. The number of hydrogen-bond donors (Lipinski definition) is 4. The maximum atomic E-state index is 11.8. The maximum absolute atomic E-state index is 11.8. The van der Waals surface area contributed by atoms with Gasteiger partial charge in [0, 0.05) is 12.1 Å². The first kappa shape index (κ1) is 19.2. The average Bonchev–Trinajstić information content (AvgIpc) is 2.71. The van der Waals surface area contributed by atoms with Crippen LogP contribution in [0.3, 0.4) is 0 Å². The van der Waals surface area contributed by atoms with Crippen LogP contribution < -0.4 is 11.3 Å². The van der Waals surface area contributed by atoms with E-state index in [1.165, 1.54) is 0 Å². The van der Waals surface area contributed by atoms with Crippen molar-refractivity contribution in [2.45, 2.75) is 12.8 Å². The number of benzene rings is 2. The minimum Gasteiger partial charge on any atom is -0.508 e. The number of hydrogen-bond acceptors (Lipinski definition) is 5. The highest BCUT2D eigenvalue weighted by Crippen LogP contribution is 2.22. The Morgan fingerprint density at radius 3 is 2.33 bits per heavy atom. The summed E-state index contributed by atoms with van der Waals surface area (Å²) in [5, 5.41) is 19.4. The molecule has 4 aromatic rings. The largest absolute Gasteiger partial charge is 0.508 e. The van der Waals surface area contributed by atoms with Gasteiger partial charge in [0.2, 0.25) is 0 Å². The molecule has 0 aliphatic carbocycles. The number of nitrogens with zero attached hydrogens (tertiary/aromatic N) is 1. The Balaban J connectivity index is 1.65. The van der Waals surface area contributed by atoms with Crippen LogP contribution in [0.25, 0.3) is 11.0 Å². The van der Waals surface area contributed by atoms with Gasteiger partial charge in [-0.15, -0.1) is 0 Å². The van der Waals surface area contributed by atoms with Crippen LogP contribution in [-0.2, 0) is 12.8 Å². The lowest BCUT2D eigenvalue weighted by Crippen LogP contribution is -2.18. The molecule has 0 saturated carbocycles. The third kappa shape index (κ3) is 3.86. The quantitative estimate of drug-likeness (QED) is 0.408. The molecule has 2 aromatic heterocycles. The Hall–Kier alpha value is -4.13. The maximum Gasteiger partial charge on any atom is 0.291 e. The Morgan fingerprint density at radius 1 is 0.933 bits per heavy atom. The van der Waals surface area contributed by atoms with E-state index in [1.54, 1.807) is 24.3 Å². The van der Waals surface area contributed by atoms with Gasteiger partial charge in [-0.05, 0) is 47.4 Å². The molecule has 0 bridgehead atoms. The number of nitrogens with one attached hydrogen (secondary N) is 1. The molecule has 0 unspecified atom stereocenters. The number of nitrogens with two attached hydrogens (primary N) is 1. The zero-order chi connectivity index (χ0) is 21.3.